The standard InChI is InChI=1S/2C18H38/c1-9-12-15-18(8,16(4,5)13-10-2)17(6,7)14-11-3;1-9-13-16(5,6)18(8,15-11-3)17(7,12-4)14-10-2/h2*9-15H2,1-8H3. The zero-order chi connectivity index (χ0) is 28.9. The Balaban J connectivity index is 0. The molecular formula is C36H76. The van der Waals surface area contributed by atoms with E-state index in [1.807, 2.05) is 0 Å². The van der Waals surface area contributed by atoms with Crippen molar-refractivity contribution in [3.8, 4) is 0 Å². The highest BCUT2D eigenvalue weighted by atomic mass is 14.6. The van der Waals surface area contributed by atoms with Gasteiger partial charge >= 0.3 is 0 Å². The summed E-state index contributed by atoms with van der Waals surface area (Å²) in [6.45, 7) is 39.1. The van der Waals surface area contributed by atoms with Crippen LogP contribution >= 0.6 is 0 Å². The average Bonchev–Trinajstić information content (AvgIpc) is 2.77. The Labute approximate surface area is 233 Å². The summed E-state index contributed by atoms with van der Waals surface area (Å²) in [5, 5.41) is 0. The summed E-state index contributed by atoms with van der Waals surface area (Å²) in [5.74, 6) is 0. The minimum absolute atomic E-state index is 0.440. The zero-order valence-electron chi connectivity index (χ0n) is 28.9. The fourth-order valence-corrected chi connectivity index (χ4v) is 8.18. The molecule has 0 aromatic heterocycles. The molecule has 0 N–H and O–H groups in total. The van der Waals surface area contributed by atoms with Gasteiger partial charge in [0, 0.05) is 0 Å². The first-order valence-corrected chi connectivity index (χ1v) is 16.4. The lowest BCUT2D eigenvalue weighted by atomic mass is 9.48. The van der Waals surface area contributed by atoms with Crippen LogP contribution in [-0.4, -0.2) is 0 Å². The SMILES string of the molecule is CCCC(C)(C)C(C)(CCC)C(C)(CC)CCC.CCCCC(C)(C(C)(C)CCC)C(C)(C)CCC. The highest BCUT2D eigenvalue weighted by Gasteiger charge is 2.51. The van der Waals surface area contributed by atoms with Gasteiger partial charge in [0.15, 0.2) is 0 Å². The third-order valence-electron chi connectivity index (χ3n) is 11.8. The van der Waals surface area contributed by atoms with E-state index < -0.39 is 0 Å². The van der Waals surface area contributed by atoms with Crippen LogP contribution in [0.15, 0.2) is 0 Å². The summed E-state index contributed by atoms with van der Waals surface area (Å²) in [4.78, 5) is 0. The monoisotopic (exact) mass is 509 g/mol. The molecule has 0 saturated carbocycles. The van der Waals surface area contributed by atoms with E-state index in [4.69, 9.17) is 0 Å². The van der Waals surface area contributed by atoms with Crippen molar-refractivity contribution in [1.82, 2.24) is 0 Å². The Morgan fingerprint density at radius 1 is 0.333 bits per heavy atom. The Hall–Kier alpha value is 0. The van der Waals surface area contributed by atoms with E-state index in [1.54, 1.807) is 0 Å². The maximum absolute atomic E-state index is 2.57. The maximum atomic E-state index is 2.57. The molecule has 0 fully saturated rings. The Kier molecular flexibility index (Phi) is 17.1. The van der Waals surface area contributed by atoms with E-state index in [-0.39, 0.29) is 0 Å². The average molecular weight is 509 g/mol. The van der Waals surface area contributed by atoms with Crippen molar-refractivity contribution in [2.24, 2.45) is 32.5 Å². The Morgan fingerprint density at radius 3 is 0.944 bits per heavy atom. The molecule has 0 saturated heterocycles. The van der Waals surface area contributed by atoms with Gasteiger partial charge in [0.2, 0.25) is 0 Å². The third kappa shape index (κ3) is 9.04. The molecule has 0 bridgehead atoms. The van der Waals surface area contributed by atoms with Crippen LogP contribution in [0.5, 0.6) is 0 Å². The van der Waals surface area contributed by atoms with Crippen molar-refractivity contribution in [2.75, 3.05) is 0 Å². The van der Waals surface area contributed by atoms with Gasteiger partial charge < -0.3 is 0 Å². The smallest absolute Gasteiger partial charge is 0.0221 e. The minimum atomic E-state index is 0.440. The van der Waals surface area contributed by atoms with Gasteiger partial charge in [0.05, 0.1) is 0 Å². The van der Waals surface area contributed by atoms with Gasteiger partial charge in [-0.25, -0.2) is 0 Å². The molecule has 2 unspecified atom stereocenters. The van der Waals surface area contributed by atoms with Gasteiger partial charge in [-0.1, -0.05) is 162 Å². The second-order valence-corrected chi connectivity index (χ2v) is 15.1. The molecule has 0 spiro atoms. The number of unbranched alkanes of at least 4 members (excludes halogenated alkanes) is 1. The normalized spacial score (nSPS) is 16.7. The molecule has 0 heterocycles. The molecule has 2 atom stereocenters. The lowest BCUT2D eigenvalue weighted by Gasteiger charge is -2.56. The van der Waals surface area contributed by atoms with Crippen LogP contribution in [0.1, 0.15) is 201 Å². The molecule has 0 aromatic rings. The van der Waals surface area contributed by atoms with Crippen LogP contribution in [0, 0.1) is 32.5 Å². The van der Waals surface area contributed by atoms with E-state index in [9.17, 15) is 0 Å². The van der Waals surface area contributed by atoms with Crippen molar-refractivity contribution < 1.29 is 0 Å². The zero-order valence-corrected chi connectivity index (χ0v) is 28.9. The van der Waals surface area contributed by atoms with E-state index >= 15 is 0 Å². The largest absolute Gasteiger partial charge is 0.0654 e. The summed E-state index contributed by atoms with van der Waals surface area (Å²) < 4.78 is 0. The first-order chi connectivity index (χ1) is 16.4. The van der Waals surface area contributed by atoms with Crippen LogP contribution in [0.4, 0.5) is 0 Å². The topological polar surface area (TPSA) is 0 Å². The van der Waals surface area contributed by atoms with Crippen molar-refractivity contribution in [3.63, 3.8) is 0 Å². The fraction of sp³-hybridized carbons (Fsp3) is 1.00. The molecule has 0 aliphatic heterocycles. The predicted molar refractivity (Wildman–Crippen MR) is 170 cm³/mol. The van der Waals surface area contributed by atoms with E-state index in [2.05, 4.69) is 111 Å². The fourth-order valence-electron chi connectivity index (χ4n) is 8.18. The summed E-state index contributed by atoms with van der Waals surface area (Å²) in [5.41, 5.74) is 2.71. The molecule has 0 amide bonds. The van der Waals surface area contributed by atoms with E-state index in [0.29, 0.717) is 32.5 Å². The molecule has 0 aliphatic carbocycles. The van der Waals surface area contributed by atoms with Crippen LogP contribution < -0.4 is 0 Å². The Bertz CT molecular complexity index is 532. The van der Waals surface area contributed by atoms with E-state index in [0.717, 1.165) is 0 Å². The third-order valence-corrected chi connectivity index (χ3v) is 11.8. The number of hydrogen-bond acceptors (Lipinski definition) is 0. The second kappa shape index (κ2) is 16.2. The van der Waals surface area contributed by atoms with Crippen LogP contribution in [0.25, 0.3) is 0 Å². The van der Waals surface area contributed by atoms with Gasteiger partial charge in [0.25, 0.3) is 0 Å². The molecule has 0 heteroatoms. The van der Waals surface area contributed by atoms with Crippen LogP contribution in [0.2, 0.25) is 0 Å². The van der Waals surface area contributed by atoms with Crippen LogP contribution in [-0.2, 0) is 0 Å². The first-order valence-electron chi connectivity index (χ1n) is 16.4. The lowest BCUT2D eigenvalue weighted by Crippen LogP contribution is -2.48. The molecule has 36 heavy (non-hydrogen) atoms. The van der Waals surface area contributed by atoms with Crippen molar-refractivity contribution in [3.05, 3.63) is 0 Å². The van der Waals surface area contributed by atoms with Crippen molar-refractivity contribution in [2.45, 2.75) is 201 Å². The Morgan fingerprint density at radius 2 is 0.667 bits per heavy atom. The molecule has 0 rings (SSSR count). The van der Waals surface area contributed by atoms with Gasteiger partial charge in [-0.05, 0) is 71.0 Å². The highest BCUT2D eigenvalue weighted by molar-refractivity contribution is 5.00. The summed E-state index contributed by atoms with van der Waals surface area (Å²) in [6, 6.07) is 0. The molecule has 0 aliphatic rings. The lowest BCUT2D eigenvalue weighted by molar-refractivity contribution is -0.0688. The number of rotatable bonds is 18. The number of hydrogen-bond donors (Lipinski definition) is 0. The maximum Gasteiger partial charge on any atom is -0.0221 e. The van der Waals surface area contributed by atoms with Crippen molar-refractivity contribution in [1.29, 1.82) is 0 Å². The minimum Gasteiger partial charge on any atom is -0.0654 e. The first kappa shape index (κ1) is 38.1. The van der Waals surface area contributed by atoms with Gasteiger partial charge in [-0.2, -0.15) is 0 Å². The summed E-state index contributed by atoms with van der Waals surface area (Å²) >= 11 is 0. The molecular weight excluding hydrogens is 432 g/mol. The van der Waals surface area contributed by atoms with Gasteiger partial charge in [-0.15, -0.1) is 0 Å². The quantitative estimate of drug-likeness (QED) is 0.173. The second-order valence-electron chi connectivity index (χ2n) is 15.1. The predicted octanol–water partition coefficient (Wildman–Crippen LogP) is 13.7. The van der Waals surface area contributed by atoms with E-state index in [1.165, 1.54) is 89.9 Å². The molecule has 0 aromatic carbocycles. The summed E-state index contributed by atoms with van der Waals surface area (Å²) in [6.07, 6.45) is 18.7. The molecule has 0 nitrogen and oxygen atoms in total. The summed E-state index contributed by atoms with van der Waals surface area (Å²) in [7, 11) is 0. The molecule has 220 valence electrons. The van der Waals surface area contributed by atoms with Gasteiger partial charge in [0.1, 0.15) is 0 Å². The molecule has 0 radical (unpaired) electrons. The van der Waals surface area contributed by atoms with Crippen molar-refractivity contribution >= 4 is 0 Å². The van der Waals surface area contributed by atoms with Crippen LogP contribution in [0.3, 0.4) is 0 Å². The highest BCUT2D eigenvalue weighted by Crippen LogP contribution is 2.60. The van der Waals surface area contributed by atoms with Gasteiger partial charge in [-0.3, -0.25) is 0 Å².